The van der Waals surface area contributed by atoms with Crippen LogP contribution in [0.15, 0.2) is 0 Å². The molecule has 1 saturated heterocycles. The van der Waals surface area contributed by atoms with Gasteiger partial charge in [0.15, 0.2) is 0 Å². The van der Waals surface area contributed by atoms with Crippen LogP contribution < -0.4 is 9.72 Å². The van der Waals surface area contributed by atoms with E-state index >= 15 is 0 Å². The molecule has 1 atom stereocenters. The Balaban J connectivity index is 2.90. The van der Waals surface area contributed by atoms with Gasteiger partial charge in [-0.3, -0.25) is 0 Å². The minimum absolute atomic E-state index is 0.130. The summed E-state index contributed by atoms with van der Waals surface area (Å²) < 4.78 is 2.74. The average Bonchev–Trinajstić information content (AvgIpc) is 2.14. The van der Waals surface area contributed by atoms with Crippen LogP contribution in [0.2, 0.25) is 0 Å². The summed E-state index contributed by atoms with van der Waals surface area (Å²) in [5, 5.41) is 0. The summed E-state index contributed by atoms with van der Waals surface area (Å²) in [6.45, 7) is 12.0. The van der Waals surface area contributed by atoms with Gasteiger partial charge in [-0.2, -0.15) is 0 Å². The van der Waals surface area contributed by atoms with Crippen molar-refractivity contribution < 1.29 is 0 Å². The monoisotopic (exact) mass is 271 g/mol. The number of rotatable bonds is 3. The maximum absolute atomic E-state index is 3.89. The molecule has 1 aliphatic heterocycles. The van der Waals surface area contributed by atoms with Crippen molar-refractivity contribution >= 4 is 23.4 Å². The summed E-state index contributed by atoms with van der Waals surface area (Å²) in [7, 11) is -0.469. The van der Waals surface area contributed by atoms with E-state index in [0.717, 1.165) is 0 Å². The fraction of sp³-hybridized carbons (Fsp3) is 1.00. The Kier molecular flexibility index (Phi) is 4.95. The molecular formula is C9H28N3P3. The van der Waals surface area contributed by atoms with Gasteiger partial charge >= 0.3 is 97.1 Å². The van der Waals surface area contributed by atoms with Gasteiger partial charge in [-0.05, 0) is 0 Å². The zero-order chi connectivity index (χ0) is 11.7. The predicted octanol–water partition coefficient (Wildman–Crippen LogP) is 2.90. The Bertz CT molecular complexity index is 229. The van der Waals surface area contributed by atoms with E-state index in [1.54, 1.807) is 0 Å². The fourth-order valence-corrected chi connectivity index (χ4v) is 19.1. The van der Waals surface area contributed by atoms with Crippen LogP contribution >= 0.6 is 23.4 Å². The fourth-order valence-electron chi connectivity index (χ4n) is 2.47. The molecule has 1 rings (SSSR count). The zero-order valence-corrected chi connectivity index (χ0v) is 13.9. The topological polar surface area (TPSA) is 27.3 Å². The summed E-state index contributed by atoms with van der Waals surface area (Å²) in [5.74, 6) is 0. The van der Waals surface area contributed by atoms with Crippen molar-refractivity contribution in [3.05, 3.63) is 0 Å². The van der Waals surface area contributed by atoms with Crippen LogP contribution in [-0.4, -0.2) is 43.8 Å². The average molecular weight is 271 g/mol. The van der Waals surface area contributed by atoms with Gasteiger partial charge in [-0.1, -0.05) is 0 Å². The standard InChI is InChI=1S/C9H28N3P3/c1-7-9-15(6)11-13(4)10-14(5,8-2)12(15)3/h10-11,14-15H,7-9H2,1-6H3. The van der Waals surface area contributed by atoms with Gasteiger partial charge < -0.3 is 0 Å². The summed E-state index contributed by atoms with van der Waals surface area (Å²) >= 11 is 0. The van der Waals surface area contributed by atoms with Gasteiger partial charge in [0, 0.05) is 0 Å². The molecular weight excluding hydrogens is 243 g/mol. The van der Waals surface area contributed by atoms with Crippen molar-refractivity contribution in [3.8, 4) is 0 Å². The second kappa shape index (κ2) is 5.21. The van der Waals surface area contributed by atoms with Crippen molar-refractivity contribution in [2.24, 2.45) is 0 Å². The Morgan fingerprint density at radius 2 is 1.67 bits per heavy atom. The van der Waals surface area contributed by atoms with Crippen molar-refractivity contribution in [1.82, 2.24) is 14.2 Å². The van der Waals surface area contributed by atoms with E-state index in [2.05, 4.69) is 55.0 Å². The Hall–Kier alpha value is 1.17. The first kappa shape index (κ1) is 14.2. The van der Waals surface area contributed by atoms with Gasteiger partial charge in [0.1, 0.15) is 0 Å². The predicted molar refractivity (Wildman–Crippen MR) is 81.1 cm³/mol. The van der Waals surface area contributed by atoms with Crippen LogP contribution in [0.1, 0.15) is 20.3 Å². The van der Waals surface area contributed by atoms with Gasteiger partial charge in [-0.15, -0.1) is 0 Å². The zero-order valence-electron chi connectivity index (χ0n) is 11.0. The second-order valence-corrected chi connectivity index (χ2v) is 16.0. The van der Waals surface area contributed by atoms with E-state index in [1.165, 1.54) is 18.7 Å². The first-order valence-electron chi connectivity index (χ1n) is 5.91. The van der Waals surface area contributed by atoms with Crippen molar-refractivity contribution in [1.29, 1.82) is 0 Å². The van der Waals surface area contributed by atoms with Gasteiger partial charge in [0.2, 0.25) is 0 Å². The van der Waals surface area contributed by atoms with E-state index in [-0.39, 0.29) is 8.22 Å². The van der Waals surface area contributed by atoms with Gasteiger partial charge in [-0.25, -0.2) is 0 Å². The summed E-state index contributed by atoms with van der Waals surface area (Å²) in [6.07, 6.45) is 3.99. The van der Waals surface area contributed by atoms with Crippen LogP contribution in [0.25, 0.3) is 0 Å². The summed E-state index contributed by atoms with van der Waals surface area (Å²) in [4.78, 5) is 7.75. The molecule has 0 saturated carbocycles. The molecule has 0 spiro atoms. The van der Waals surface area contributed by atoms with Gasteiger partial charge in [0.05, 0.1) is 0 Å². The molecule has 15 heavy (non-hydrogen) atoms. The second-order valence-electron chi connectivity index (χ2n) is 4.99. The molecule has 2 N–H and O–H groups in total. The van der Waals surface area contributed by atoms with E-state index in [1.807, 2.05) is 0 Å². The SMILES string of the molecule is CCC[PH]1(C)NP(C)N[PH](C)(CC)N1C. The molecule has 0 aromatic heterocycles. The molecule has 1 fully saturated rings. The summed E-state index contributed by atoms with van der Waals surface area (Å²) in [6, 6.07) is 0. The molecule has 0 amide bonds. The molecule has 6 heteroatoms. The molecule has 94 valence electrons. The van der Waals surface area contributed by atoms with Crippen LogP contribution in [0.4, 0.5) is 0 Å². The van der Waals surface area contributed by atoms with E-state index in [0.29, 0.717) is 0 Å². The third-order valence-corrected chi connectivity index (χ3v) is 19.0. The van der Waals surface area contributed by atoms with E-state index in [9.17, 15) is 0 Å². The maximum atomic E-state index is 3.89. The Labute approximate surface area is 97.5 Å². The third-order valence-electron chi connectivity index (χ3n) is 3.72. The molecule has 3 nitrogen and oxygen atoms in total. The molecule has 0 bridgehead atoms. The van der Waals surface area contributed by atoms with E-state index < -0.39 is 15.1 Å². The number of nitrogens with one attached hydrogen (secondary N) is 2. The van der Waals surface area contributed by atoms with Crippen LogP contribution in [0, 0.1) is 0 Å². The quantitative estimate of drug-likeness (QED) is 0.773. The van der Waals surface area contributed by atoms with Crippen molar-refractivity contribution in [3.63, 3.8) is 0 Å². The van der Waals surface area contributed by atoms with Crippen molar-refractivity contribution in [2.45, 2.75) is 20.3 Å². The van der Waals surface area contributed by atoms with Crippen molar-refractivity contribution in [2.75, 3.05) is 39.4 Å². The number of nitrogens with zero attached hydrogens (tertiary/aromatic N) is 1. The Morgan fingerprint density at radius 3 is 2.13 bits per heavy atom. The minimum atomic E-state index is -1.35. The number of hydrogen-bond donors (Lipinski definition) is 2. The molecule has 0 radical (unpaired) electrons. The molecule has 0 aliphatic carbocycles. The molecule has 1 heterocycles. The summed E-state index contributed by atoms with van der Waals surface area (Å²) in [5.41, 5.74) is 0. The first-order chi connectivity index (χ1) is 6.88. The first-order valence-corrected chi connectivity index (χ1v) is 13.0. The number of hydrogen-bond acceptors (Lipinski definition) is 3. The van der Waals surface area contributed by atoms with Crippen LogP contribution in [0.3, 0.4) is 0 Å². The molecule has 1 unspecified atom stereocenters. The van der Waals surface area contributed by atoms with Crippen LogP contribution in [-0.2, 0) is 0 Å². The van der Waals surface area contributed by atoms with Crippen LogP contribution in [0.5, 0.6) is 0 Å². The third kappa shape index (κ3) is 2.89. The Morgan fingerprint density at radius 1 is 1.13 bits per heavy atom. The molecule has 0 aromatic carbocycles. The molecule has 0 aromatic rings. The molecule has 1 aliphatic rings. The van der Waals surface area contributed by atoms with E-state index in [4.69, 9.17) is 0 Å². The normalized spacial score (nSPS) is 34.7. The van der Waals surface area contributed by atoms with Gasteiger partial charge in [0.25, 0.3) is 0 Å².